The minimum absolute atomic E-state index is 0.0208. The number of nitrogens with one attached hydrogen (secondary N) is 1. The summed E-state index contributed by atoms with van der Waals surface area (Å²) in [5.74, 6) is 0. The van der Waals surface area contributed by atoms with Crippen LogP contribution in [0.3, 0.4) is 0 Å². The van der Waals surface area contributed by atoms with Crippen LogP contribution in [0, 0.1) is 34.6 Å². The Morgan fingerprint density at radius 2 is 1.37 bits per heavy atom. The van der Waals surface area contributed by atoms with E-state index in [0.29, 0.717) is 17.7 Å². The van der Waals surface area contributed by atoms with Crippen molar-refractivity contribution in [1.29, 1.82) is 0 Å². The Labute approximate surface area is 163 Å². The van der Waals surface area contributed by atoms with E-state index in [4.69, 9.17) is 0 Å². The van der Waals surface area contributed by atoms with Crippen LogP contribution in [0.1, 0.15) is 46.7 Å². The monoisotopic (exact) mass is 389 g/mol. The zero-order chi connectivity index (χ0) is 20.4. The number of aliphatic hydroxyl groups is 1. The molecule has 0 fully saturated rings. The van der Waals surface area contributed by atoms with Gasteiger partial charge in [-0.05, 0) is 87.8 Å². The third-order valence-electron chi connectivity index (χ3n) is 5.64. The van der Waals surface area contributed by atoms with Gasteiger partial charge in [-0.15, -0.1) is 0 Å². The highest BCUT2D eigenvalue weighted by Gasteiger charge is 2.27. The molecule has 0 amide bonds. The molecule has 0 heterocycles. The van der Waals surface area contributed by atoms with E-state index in [2.05, 4.69) is 4.72 Å². The molecule has 0 aliphatic heterocycles. The van der Waals surface area contributed by atoms with Gasteiger partial charge in [0.2, 0.25) is 10.0 Å². The first-order chi connectivity index (χ1) is 12.5. The second-order valence-corrected chi connectivity index (χ2v) is 9.47. The van der Waals surface area contributed by atoms with E-state index in [1.807, 2.05) is 65.0 Å². The highest BCUT2D eigenvalue weighted by Crippen LogP contribution is 2.29. The molecule has 0 saturated heterocycles. The fraction of sp³-hybridized carbons (Fsp3) is 0.455. The lowest BCUT2D eigenvalue weighted by Gasteiger charge is -2.25. The SMILES string of the molecule is Cc1c(C)c(C)c(S(=O)(=O)NCC(C)(O)CCc2ccccc2)c(C)c1C. The van der Waals surface area contributed by atoms with Crippen LogP contribution >= 0.6 is 0 Å². The molecule has 0 radical (unpaired) electrons. The number of hydrogen-bond donors (Lipinski definition) is 2. The Balaban J connectivity index is 2.17. The summed E-state index contributed by atoms with van der Waals surface area (Å²) in [6.07, 6.45) is 1.17. The van der Waals surface area contributed by atoms with Crippen LogP contribution in [0.2, 0.25) is 0 Å². The highest BCUT2D eigenvalue weighted by molar-refractivity contribution is 7.89. The molecule has 0 aliphatic rings. The molecular weight excluding hydrogens is 358 g/mol. The average molecular weight is 390 g/mol. The molecule has 2 N–H and O–H groups in total. The Kier molecular flexibility index (Phi) is 6.51. The van der Waals surface area contributed by atoms with E-state index in [1.54, 1.807) is 6.92 Å². The maximum Gasteiger partial charge on any atom is 0.241 e. The van der Waals surface area contributed by atoms with Crippen molar-refractivity contribution in [3.05, 3.63) is 63.7 Å². The fourth-order valence-electron chi connectivity index (χ4n) is 3.34. The van der Waals surface area contributed by atoms with Crippen molar-refractivity contribution in [3.63, 3.8) is 0 Å². The van der Waals surface area contributed by atoms with Gasteiger partial charge in [0.1, 0.15) is 0 Å². The van der Waals surface area contributed by atoms with Gasteiger partial charge in [-0.2, -0.15) is 0 Å². The predicted octanol–water partition coefficient (Wildman–Crippen LogP) is 3.89. The predicted molar refractivity (Wildman–Crippen MR) is 111 cm³/mol. The summed E-state index contributed by atoms with van der Waals surface area (Å²) >= 11 is 0. The topological polar surface area (TPSA) is 66.4 Å². The van der Waals surface area contributed by atoms with E-state index in [9.17, 15) is 13.5 Å². The van der Waals surface area contributed by atoms with Crippen LogP contribution in [0.25, 0.3) is 0 Å². The maximum absolute atomic E-state index is 13.0. The average Bonchev–Trinajstić information content (AvgIpc) is 2.63. The van der Waals surface area contributed by atoms with E-state index < -0.39 is 15.6 Å². The number of benzene rings is 2. The summed E-state index contributed by atoms with van der Waals surface area (Å²) in [7, 11) is -3.71. The van der Waals surface area contributed by atoms with Crippen LogP contribution in [0.5, 0.6) is 0 Å². The lowest BCUT2D eigenvalue weighted by atomic mass is 9.95. The van der Waals surface area contributed by atoms with Crippen molar-refractivity contribution in [2.75, 3.05) is 6.54 Å². The zero-order valence-corrected chi connectivity index (χ0v) is 18.0. The zero-order valence-electron chi connectivity index (χ0n) is 17.2. The first-order valence-corrected chi connectivity index (χ1v) is 10.8. The van der Waals surface area contributed by atoms with Crippen molar-refractivity contribution in [1.82, 2.24) is 4.72 Å². The first kappa shape index (κ1) is 21.6. The minimum atomic E-state index is -3.71. The molecule has 2 aromatic rings. The van der Waals surface area contributed by atoms with Gasteiger partial charge in [-0.25, -0.2) is 13.1 Å². The minimum Gasteiger partial charge on any atom is -0.389 e. The summed E-state index contributed by atoms with van der Waals surface area (Å²) in [5.41, 5.74) is 4.65. The molecule has 27 heavy (non-hydrogen) atoms. The van der Waals surface area contributed by atoms with Gasteiger partial charge in [-0.3, -0.25) is 0 Å². The lowest BCUT2D eigenvalue weighted by Crippen LogP contribution is -2.41. The third kappa shape index (κ3) is 4.98. The number of sulfonamides is 1. The van der Waals surface area contributed by atoms with Crippen LogP contribution in [0.15, 0.2) is 35.2 Å². The van der Waals surface area contributed by atoms with E-state index >= 15 is 0 Å². The van der Waals surface area contributed by atoms with E-state index in [1.165, 1.54) is 0 Å². The van der Waals surface area contributed by atoms with E-state index in [-0.39, 0.29) is 6.54 Å². The molecule has 5 heteroatoms. The summed E-state index contributed by atoms with van der Waals surface area (Å²) in [6, 6.07) is 9.88. The first-order valence-electron chi connectivity index (χ1n) is 9.29. The molecule has 0 spiro atoms. The maximum atomic E-state index is 13.0. The molecule has 0 aliphatic carbocycles. The summed E-state index contributed by atoms with van der Waals surface area (Å²) in [4.78, 5) is 0.335. The van der Waals surface area contributed by atoms with Crippen molar-refractivity contribution < 1.29 is 13.5 Å². The molecule has 2 aromatic carbocycles. The number of rotatable bonds is 7. The van der Waals surface area contributed by atoms with Crippen molar-refractivity contribution in [3.8, 4) is 0 Å². The largest absolute Gasteiger partial charge is 0.389 e. The molecule has 1 atom stereocenters. The smallest absolute Gasteiger partial charge is 0.241 e. The van der Waals surface area contributed by atoms with Crippen molar-refractivity contribution in [2.24, 2.45) is 0 Å². The van der Waals surface area contributed by atoms with Gasteiger partial charge < -0.3 is 5.11 Å². The summed E-state index contributed by atoms with van der Waals surface area (Å²) in [6.45, 7) is 11.3. The Morgan fingerprint density at radius 1 is 0.889 bits per heavy atom. The number of aryl methyl sites for hydroxylation is 1. The Hall–Kier alpha value is -1.69. The second kappa shape index (κ2) is 8.13. The van der Waals surface area contributed by atoms with Gasteiger partial charge in [0.15, 0.2) is 0 Å². The van der Waals surface area contributed by atoms with Gasteiger partial charge >= 0.3 is 0 Å². The lowest BCUT2D eigenvalue weighted by molar-refractivity contribution is 0.0565. The van der Waals surface area contributed by atoms with E-state index in [0.717, 1.165) is 33.4 Å². The van der Waals surface area contributed by atoms with Crippen LogP contribution < -0.4 is 4.72 Å². The van der Waals surface area contributed by atoms with Crippen LogP contribution in [0.4, 0.5) is 0 Å². The van der Waals surface area contributed by atoms with Crippen LogP contribution in [-0.4, -0.2) is 25.7 Å². The molecule has 2 rings (SSSR count). The van der Waals surface area contributed by atoms with Gasteiger partial charge in [0, 0.05) is 6.54 Å². The molecule has 0 saturated carbocycles. The Bertz CT molecular complexity index is 887. The fourth-order valence-corrected chi connectivity index (χ4v) is 5.10. The Morgan fingerprint density at radius 3 is 1.89 bits per heavy atom. The molecule has 4 nitrogen and oxygen atoms in total. The quantitative estimate of drug-likeness (QED) is 0.755. The van der Waals surface area contributed by atoms with Gasteiger partial charge in [0.05, 0.1) is 10.5 Å². The van der Waals surface area contributed by atoms with Crippen LogP contribution in [-0.2, 0) is 16.4 Å². The molecule has 148 valence electrons. The van der Waals surface area contributed by atoms with Crippen molar-refractivity contribution in [2.45, 2.75) is 64.9 Å². The molecule has 0 aromatic heterocycles. The summed E-state index contributed by atoms with van der Waals surface area (Å²) in [5, 5.41) is 10.7. The number of hydrogen-bond acceptors (Lipinski definition) is 3. The third-order valence-corrected chi connectivity index (χ3v) is 7.31. The molecule has 1 unspecified atom stereocenters. The molecule has 0 bridgehead atoms. The van der Waals surface area contributed by atoms with Gasteiger partial charge in [0.25, 0.3) is 0 Å². The standard InChI is InChI=1S/C22H31NO3S/c1-15-16(2)18(4)21(19(5)17(15)3)27(25,26)23-14-22(6,24)13-12-20-10-8-7-9-11-20/h7-11,23-24H,12-14H2,1-6H3. The van der Waals surface area contributed by atoms with Crippen molar-refractivity contribution >= 4 is 10.0 Å². The van der Waals surface area contributed by atoms with Gasteiger partial charge in [-0.1, -0.05) is 30.3 Å². The highest BCUT2D eigenvalue weighted by atomic mass is 32.2. The normalized spacial score (nSPS) is 14.2. The molecular formula is C22H31NO3S. The second-order valence-electron chi connectivity index (χ2n) is 7.76. The summed E-state index contributed by atoms with van der Waals surface area (Å²) < 4.78 is 28.6.